The molecule has 0 atom stereocenters. The second kappa shape index (κ2) is 10.7. The minimum absolute atomic E-state index is 0.221. The van der Waals surface area contributed by atoms with Crippen LogP contribution in [0, 0.1) is 0 Å². The van der Waals surface area contributed by atoms with E-state index in [9.17, 15) is 9.59 Å². The number of fused-ring (bicyclic) bond motifs is 1. The minimum Gasteiger partial charge on any atom is -0.494 e. The third kappa shape index (κ3) is 5.11. The Morgan fingerprint density at radius 1 is 1.00 bits per heavy atom. The van der Waals surface area contributed by atoms with Crippen LogP contribution in [0.4, 0.5) is 0 Å². The minimum atomic E-state index is -0.298. The third-order valence-corrected chi connectivity index (χ3v) is 5.13. The molecule has 1 amide bonds. The second-order valence-corrected chi connectivity index (χ2v) is 7.38. The zero-order valence-electron chi connectivity index (χ0n) is 18.4. The molecule has 3 rings (SSSR count). The van der Waals surface area contributed by atoms with E-state index in [2.05, 4.69) is 29.2 Å². The van der Waals surface area contributed by atoms with E-state index in [-0.39, 0.29) is 17.2 Å². The highest BCUT2D eigenvalue weighted by molar-refractivity contribution is 6.04. The van der Waals surface area contributed by atoms with Crippen LogP contribution in [0.25, 0.3) is 16.5 Å². The highest BCUT2D eigenvalue weighted by atomic mass is 16.5. The van der Waals surface area contributed by atoms with Crippen LogP contribution >= 0.6 is 0 Å². The van der Waals surface area contributed by atoms with E-state index in [0.717, 1.165) is 32.5 Å². The lowest BCUT2D eigenvalue weighted by Gasteiger charge is -2.21. The van der Waals surface area contributed by atoms with Crippen LogP contribution in [0.1, 0.15) is 37.2 Å². The van der Waals surface area contributed by atoms with Crippen molar-refractivity contribution in [1.29, 1.82) is 0 Å². The number of nitrogens with one attached hydrogen (secondary N) is 1. The zero-order valence-corrected chi connectivity index (χ0v) is 18.4. The number of hydrogen-bond acceptors (Lipinski definition) is 5. The first kappa shape index (κ1) is 22.5. The maximum Gasteiger partial charge on any atom is 0.279 e. The smallest absolute Gasteiger partial charge is 0.279 e. The maximum absolute atomic E-state index is 13.1. The van der Waals surface area contributed by atoms with Gasteiger partial charge in [0.2, 0.25) is 0 Å². The Bertz CT molecular complexity index is 1090. The average Bonchev–Trinajstić information content (AvgIpc) is 2.79. The van der Waals surface area contributed by atoms with E-state index in [0.29, 0.717) is 28.8 Å². The lowest BCUT2D eigenvalue weighted by atomic mass is 10.1. The first-order valence-electron chi connectivity index (χ1n) is 10.8. The normalized spacial score (nSPS) is 11.1. The molecule has 164 valence electrons. The van der Waals surface area contributed by atoms with Crippen molar-refractivity contribution in [2.24, 2.45) is 0 Å². The molecule has 0 radical (unpaired) electrons. The van der Waals surface area contributed by atoms with Gasteiger partial charge in [-0.2, -0.15) is 9.78 Å². The molecule has 0 saturated carbocycles. The van der Waals surface area contributed by atoms with Gasteiger partial charge in [0, 0.05) is 18.5 Å². The quantitative estimate of drug-likeness (QED) is 0.543. The molecule has 3 aromatic rings. The van der Waals surface area contributed by atoms with E-state index in [1.54, 1.807) is 42.5 Å². The molecule has 0 unspecified atom stereocenters. The molecule has 0 saturated heterocycles. The van der Waals surface area contributed by atoms with Gasteiger partial charge in [0.15, 0.2) is 5.69 Å². The molecule has 31 heavy (non-hydrogen) atoms. The number of methoxy groups -OCH3 is 1. The summed E-state index contributed by atoms with van der Waals surface area (Å²) in [7, 11) is 1.54. The topological polar surface area (TPSA) is 76.5 Å². The summed E-state index contributed by atoms with van der Waals surface area (Å²) in [6.45, 7) is 7.60. The summed E-state index contributed by atoms with van der Waals surface area (Å²) in [6, 6.07) is 14.2. The molecule has 2 aromatic carbocycles. The van der Waals surface area contributed by atoms with Gasteiger partial charge in [0.1, 0.15) is 11.4 Å². The number of aromatic nitrogens is 2. The first-order chi connectivity index (χ1) is 15.1. The molecule has 7 nitrogen and oxygen atoms in total. The van der Waals surface area contributed by atoms with Crippen LogP contribution in [-0.2, 0) is 0 Å². The number of hydrogen-bond donors (Lipinski definition) is 1. The highest BCUT2D eigenvalue weighted by Crippen LogP contribution is 2.22. The molecule has 7 heteroatoms. The number of carbonyl (C=O) groups is 1. The molecule has 1 heterocycles. The monoisotopic (exact) mass is 422 g/mol. The Morgan fingerprint density at radius 3 is 2.32 bits per heavy atom. The number of benzene rings is 2. The maximum atomic E-state index is 13.1. The molecule has 0 aliphatic rings. The SMILES string of the molecule is CCCN(CCC)CCNC(=O)c1nn(-c2ccccc2OC)c(=O)c2ccccc12. The molecule has 0 bridgehead atoms. The molecule has 1 aromatic heterocycles. The number of para-hydroxylation sites is 2. The van der Waals surface area contributed by atoms with Gasteiger partial charge in [-0.15, -0.1) is 0 Å². The molecule has 0 aliphatic heterocycles. The Balaban J connectivity index is 1.95. The molecule has 0 fully saturated rings. The standard InChI is InChI=1S/C24H30N4O3/c1-4-15-27(16-5-2)17-14-25-23(29)22-18-10-6-7-11-19(18)24(30)28(26-22)20-12-8-9-13-21(20)31-3/h6-13H,4-5,14-17H2,1-3H3,(H,25,29). The fourth-order valence-corrected chi connectivity index (χ4v) is 3.70. The number of nitrogens with zero attached hydrogens (tertiary/aromatic N) is 3. The van der Waals surface area contributed by atoms with Gasteiger partial charge in [0.05, 0.1) is 12.5 Å². The Labute approximate surface area is 182 Å². The van der Waals surface area contributed by atoms with Gasteiger partial charge >= 0.3 is 0 Å². The third-order valence-electron chi connectivity index (χ3n) is 5.13. The summed E-state index contributed by atoms with van der Waals surface area (Å²) in [5.74, 6) is 0.210. The van der Waals surface area contributed by atoms with Gasteiger partial charge in [-0.25, -0.2) is 0 Å². The Morgan fingerprint density at radius 2 is 1.65 bits per heavy atom. The lowest BCUT2D eigenvalue weighted by Crippen LogP contribution is -2.37. The van der Waals surface area contributed by atoms with Crippen LogP contribution in [-0.4, -0.2) is 53.9 Å². The summed E-state index contributed by atoms with van der Waals surface area (Å²) >= 11 is 0. The van der Waals surface area contributed by atoms with Crippen molar-refractivity contribution >= 4 is 16.7 Å². The van der Waals surface area contributed by atoms with Crippen molar-refractivity contribution in [3.05, 3.63) is 64.6 Å². The summed E-state index contributed by atoms with van der Waals surface area (Å²) in [4.78, 5) is 28.5. The van der Waals surface area contributed by atoms with E-state index in [1.807, 2.05) is 6.07 Å². The van der Waals surface area contributed by atoms with Crippen LogP contribution in [0.2, 0.25) is 0 Å². The van der Waals surface area contributed by atoms with Crippen molar-refractivity contribution in [2.75, 3.05) is 33.3 Å². The average molecular weight is 423 g/mol. The number of rotatable bonds is 10. The number of amides is 1. The van der Waals surface area contributed by atoms with Gasteiger partial charge in [-0.1, -0.05) is 44.2 Å². The summed E-state index contributed by atoms with van der Waals surface area (Å²) in [5.41, 5.74) is 0.416. The van der Waals surface area contributed by atoms with E-state index < -0.39 is 0 Å². The van der Waals surface area contributed by atoms with E-state index in [4.69, 9.17) is 4.74 Å². The number of carbonyl (C=O) groups excluding carboxylic acids is 1. The number of ether oxygens (including phenoxy) is 1. The van der Waals surface area contributed by atoms with Crippen molar-refractivity contribution in [2.45, 2.75) is 26.7 Å². The van der Waals surface area contributed by atoms with Crippen LogP contribution in [0.3, 0.4) is 0 Å². The fourth-order valence-electron chi connectivity index (χ4n) is 3.70. The predicted molar refractivity (Wildman–Crippen MR) is 123 cm³/mol. The first-order valence-corrected chi connectivity index (χ1v) is 10.8. The lowest BCUT2D eigenvalue weighted by molar-refractivity contribution is 0.0943. The molecule has 0 spiro atoms. The van der Waals surface area contributed by atoms with Crippen LogP contribution in [0.15, 0.2) is 53.3 Å². The largest absolute Gasteiger partial charge is 0.494 e. The van der Waals surface area contributed by atoms with Crippen LogP contribution < -0.4 is 15.6 Å². The fraction of sp³-hybridized carbons (Fsp3) is 0.375. The molecular weight excluding hydrogens is 392 g/mol. The summed E-state index contributed by atoms with van der Waals surface area (Å²) in [6.07, 6.45) is 2.15. The van der Waals surface area contributed by atoms with Crippen molar-refractivity contribution in [1.82, 2.24) is 20.0 Å². The van der Waals surface area contributed by atoms with E-state index in [1.165, 1.54) is 11.8 Å². The van der Waals surface area contributed by atoms with Crippen molar-refractivity contribution in [3.8, 4) is 11.4 Å². The van der Waals surface area contributed by atoms with Gasteiger partial charge in [-0.3, -0.25) is 9.59 Å². The Hall–Kier alpha value is -3.19. The van der Waals surface area contributed by atoms with Crippen molar-refractivity contribution in [3.63, 3.8) is 0 Å². The van der Waals surface area contributed by atoms with E-state index >= 15 is 0 Å². The Kier molecular flexibility index (Phi) is 7.78. The zero-order chi connectivity index (χ0) is 22.2. The summed E-state index contributed by atoms with van der Waals surface area (Å²) in [5, 5.41) is 8.40. The predicted octanol–water partition coefficient (Wildman–Crippen LogP) is 3.25. The van der Waals surface area contributed by atoms with Crippen molar-refractivity contribution < 1.29 is 9.53 Å². The summed E-state index contributed by atoms with van der Waals surface area (Å²) < 4.78 is 6.65. The molecule has 1 N–H and O–H groups in total. The molecule has 0 aliphatic carbocycles. The van der Waals surface area contributed by atoms with Gasteiger partial charge in [0.25, 0.3) is 11.5 Å². The van der Waals surface area contributed by atoms with Crippen LogP contribution in [0.5, 0.6) is 5.75 Å². The second-order valence-electron chi connectivity index (χ2n) is 7.38. The van der Waals surface area contributed by atoms with Gasteiger partial charge in [-0.05, 0) is 44.1 Å². The molecular formula is C24H30N4O3. The highest BCUT2D eigenvalue weighted by Gasteiger charge is 2.19. The van der Waals surface area contributed by atoms with Gasteiger partial charge < -0.3 is 15.0 Å².